The molecular weight excluding hydrogens is 354 g/mol. The number of hydrogen-bond acceptors (Lipinski definition) is 4. The summed E-state index contributed by atoms with van der Waals surface area (Å²) >= 11 is 0. The molecule has 2 aromatic carbocycles. The summed E-state index contributed by atoms with van der Waals surface area (Å²) in [6, 6.07) is 12.9. The molecule has 0 fully saturated rings. The van der Waals surface area contributed by atoms with Crippen LogP contribution >= 0.6 is 0 Å². The van der Waals surface area contributed by atoms with Gasteiger partial charge in [-0.25, -0.2) is 4.79 Å². The van der Waals surface area contributed by atoms with Gasteiger partial charge in [0.15, 0.2) is 5.76 Å². The van der Waals surface area contributed by atoms with Crippen LogP contribution in [-0.4, -0.2) is 29.9 Å². The zero-order chi connectivity index (χ0) is 20.3. The van der Waals surface area contributed by atoms with E-state index < -0.39 is 6.09 Å². The van der Waals surface area contributed by atoms with Crippen LogP contribution in [0.4, 0.5) is 4.79 Å². The quantitative estimate of drug-likeness (QED) is 0.664. The lowest BCUT2D eigenvalue weighted by atomic mass is 10.0. The highest BCUT2D eigenvalue weighted by atomic mass is 16.6. The van der Waals surface area contributed by atoms with Crippen LogP contribution in [0.3, 0.4) is 0 Å². The molecule has 3 rings (SSSR count). The van der Waals surface area contributed by atoms with Crippen molar-refractivity contribution in [3.05, 3.63) is 64.9 Å². The van der Waals surface area contributed by atoms with Crippen LogP contribution in [0.15, 0.2) is 48.2 Å². The first-order chi connectivity index (χ1) is 13.4. The van der Waals surface area contributed by atoms with Gasteiger partial charge in [0, 0.05) is 19.2 Å². The summed E-state index contributed by atoms with van der Waals surface area (Å²) in [6.45, 7) is 9.19. The summed E-state index contributed by atoms with van der Waals surface area (Å²) in [5.41, 5.74) is 2.60. The molecule has 0 aromatic heterocycles. The number of carbonyl (C=O) groups is 2. The number of rotatable bonds is 5. The Kier molecular flexibility index (Phi) is 5.83. The highest BCUT2D eigenvalue weighted by molar-refractivity contribution is 6.14. The highest BCUT2D eigenvalue weighted by Crippen LogP contribution is 2.35. The molecule has 0 atom stereocenters. The first-order valence-corrected chi connectivity index (χ1v) is 9.58. The fourth-order valence-electron chi connectivity index (χ4n) is 3.01. The molecular formula is C23H25NO4. The van der Waals surface area contributed by atoms with Gasteiger partial charge in [-0.05, 0) is 49.1 Å². The van der Waals surface area contributed by atoms with Gasteiger partial charge in [-0.15, -0.1) is 0 Å². The molecule has 0 N–H and O–H groups in total. The van der Waals surface area contributed by atoms with Crippen LogP contribution in [-0.2, 0) is 0 Å². The van der Waals surface area contributed by atoms with Crippen molar-refractivity contribution in [2.45, 2.75) is 33.6 Å². The number of nitrogens with zero attached hydrogens (tertiary/aromatic N) is 1. The van der Waals surface area contributed by atoms with Gasteiger partial charge in [0.05, 0.1) is 5.56 Å². The lowest BCUT2D eigenvalue weighted by molar-refractivity contribution is 0.101. The second kappa shape index (κ2) is 8.30. The molecule has 0 saturated heterocycles. The number of amides is 1. The molecule has 0 radical (unpaired) electrons. The van der Waals surface area contributed by atoms with Gasteiger partial charge in [-0.2, -0.15) is 0 Å². The number of carbonyl (C=O) groups excluding carboxylic acids is 2. The van der Waals surface area contributed by atoms with Crippen LogP contribution in [0, 0.1) is 0 Å². The third-order valence-electron chi connectivity index (χ3n) is 4.77. The molecule has 1 aliphatic rings. The molecule has 5 heteroatoms. The molecule has 1 aliphatic heterocycles. The Labute approximate surface area is 165 Å². The van der Waals surface area contributed by atoms with Gasteiger partial charge < -0.3 is 14.4 Å². The van der Waals surface area contributed by atoms with Crippen LogP contribution in [0.5, 0.6) is 11.5 Å². The minimum Gasteiger partial charge on any atom is -0.452 e. The second-order valence-electron chi connectivity index (χ2n) is 6.96. The Bertz CT molecular complexity index is 909. The van der Waals surface area contributed by atoms with E-state index in [4.69, 9.17) is 9.47 Å². The number of Topliss-reactive ketones (excluding diaryl/α,β-unsaturated/α-hetero) is 1. The SMILES string of the molecule is CCN(CC)C(=O)Oc1ccc2c(c1)OC(=Cc1ccc(C(C)C)cc1)C2=O. The first-order valence-electron chi connectivity index (χ1n) is 9.58. The van der Waals surface area contributed by atoms with E-state index in [1.165, 1.54) is 5.56 Å². The molecule has 0 bridgehead atoms. The molecule has 28 heavy (non-hydrogen) atoms. The Morgan fingerprint density at radius 1 is 1.11 bits per heavy atom. The summed E-state index contributed by atoms with van der Waals surface area (Å²) in [6.07, 6.45) is 1.31. The van der Waals surface area contributed by atoms with Crippen molar-refractivity contribution in [3.63, 3.8) is 0 Å². The van der Waals surface area contributed by atoms with Gasteiger partial charge in [0.25, 0.3) is 0 Å². The number of fused-ring (bicyclic) bond motifs is 1. The average molecular weight is 379 g/mol. The van der Waals surface area contributed by atoms with E-state index >= 15 is 0 Å². The topological polar surface area (TPSA) is 55.8 Å². The molecule has 0 aliphatic carbocycles. The summed E-state index contributed by atoms with van der Waals surface area (Å²) in [5, 5.41) is 0. The van der Waals surface area contributed by atoms with Crippen LogP contribution in [0.1, 0.15) is 55.1 Å². The fourth-order valence-corrected chi connectivity index (χ4v) is 3.01. The van der Waals surface area contributed by atoms with E-state index in [0.717, 1.165) is 5.56 Å². The standard InChI is InChI=1S/C23H25NO4/c1-5-24(6-2)23(26)27-18-11-12-19-20(14-18)28-21(22(19)25)13-16-7-9-17(10-8-16)15(3)4/h7-15H,5-6H2,1-4H3. The van der Waals surface area contributed by atoms with E-state index in [0.29, 0.717) is 36.1 Å². The minimum atomic E-state index is -0.421. The predicted octanol–water partition coefficient (Wildman–Crippen LogP) is 5.27. The van der Waals surface area contributed by atoms with Gasteiger partial charge >= 0.3 is 6.09 Å². The van der Waals surface area contributed by atoms with Gasteiger partial charge in [-0.3, -0.25) is 4.79 Å². The number of benzene rings is 2. The van der Waals surface area contributed by atoms with E-state index in [1.807, 2.05) is 38.1 Å². The highest BCUT2D eigenvalue weighted by Gasteiger charge is 2.28. The molecule has 146 valence electrons. The summed E-state index contributed by atoms with van der Waals surface area (Å²) in [7, 11) is 0. The molecule has 0 unspecified atom stereocenters. The maximum absolute atomic E-state index is 12.6. The van der Waals surface area contributed by atoms with Crippen molar-refractivity contribution in [1.29, 1.82) is 0 Å². The smallest absolute Gasteiger partial charge is 0.415 e. The number of ketones is 1. The number of hydrogen-bond donors (Lipinski definition) is 0. The van der Waals surface area contributed by atoms with Gasteiger partial charge in [0.2, 0.25) is 5.78 Å². The summed E-state index contributed by atoms with van der Waals surface area (Å²) in [4.78, 5) is 26.3. The van der Waals surface area contributed by atoms with Gasteiger partial charge in [-0.1, -0.05) is 38.1 Å². The zero-order valence-corrected chi connectivity index (χ0v) is 16.7. The van der Waals surface area contributed by atoms with E-state index in [1.54, 1.807) is 29.2 Å². The van der Waals surface area contributed by atoms with Crippen molar-refractivity contribution in [2.24, 2.45) is 0 Å². The van der Waals surface area contributed by atoms with Crippen molar-refractivity contribution in [3.8, 4) is 11.5 Å². The lowest BCUT2D eigenvalue weighted by Crippen LogP contribution is -2.33. The zero-order valence-electron chi connectivity index (χ0n) is 16.7. The maximum atomic E-state index is 12.6. The summed E-state index contributed by atoms with van der Waals surface area (Å²) in [5.74, 6) is 1.29. The molecule has 5 nitrogen and oxygen atoms in total. The molecule has 2 aromatic rings. The number of ether oxygens (including phenoxy) is 2. The molecule has 1 heterocycles. The minimum absolute atomic E-state index is 0.176. The van der Waals surface area contributed by atoms with Crippen molar-refractivity contribution in [1.82, 2.24) is 4.90 Å². The molecule has 0 saturated carbocycles. The van der Waals surface area contributed by atoms with E-state index in [9.17, 15) is 9.59 Å². The fraction of sp³-hybridized carbons (Fsp3) is 0.304. The third-order valence-corrected chi connectivity index (χ3v) is 4.77. The van der Waals surface area contributed by atoms with Crippen molar-refractivity contribution >= 4 is 18.0 Å². The molecule has 1 amide bonds. The maximum Gasteiger partial charge on any atom is 0.415 e. The molecule has 0 spiro atoms. The van der Waals surface area contributed by atoms with Crippen molar-refractivity contribution < 1.29 is 19.1 Å². The van der Waals surface area contributed by atoms with E-state index in [-0.39, 0.29) is 11.5 Å². The normalized spacial score (nSPS) is 14.2. The van der Waals surface area contributed by atoms with Gasteiger partial charge in [0.1, 0.15) is 11.5 Å². The Hall–Kier alpha value is -3.08. The Balaban J connectivity index is 1.78. The first kappa shape index (κ1) is 19.7. The van der Waals surface area contributed by atoms with Crippen LogP contribution in [0.2, 0.25) is 0 Å². The number of allylic oxidation sites excluding steroid dienone is 1. The Morgan fingerprint density at radius 2 is 1.79 bits per heavy atom. The second-order valence-corrected chi connectivity index (χ2v) is 6.96. The van der Waals surface area contributed by atoms with E-state index in [2.05, 4.69) is 13.8 Å². The lowest BCUT2D eigenvalue weighted by Gasteiger charge is -2.17. The largest absolute Gasteiger partial charge is 0.452 e. The third kappa shape index (κ3) is 4.09. The summed E-state index contributed by atoms with van der Waals surface area (Å²) < 4.78 is 11.1. The average Bonchev–Trinajstić information content (AvgIpc) is 2.98. The van der Waals surface area contributed by atoms with Crippen LogP contribution < -0.4 is 9.47 Å². The Morgan fingerprint density at radius 3 is 2.39 bits per heavy atom. The predicted molar refractivity (Wildman–Crippen MR) is 109 cm³/mol. The van der Waals surface area contributed by atoms with Crippen molar-refractivity contribution in [2.75, 3.05) is 13.1 Å². The monoisotopic (exact) mass is 379 g/mol. The van der Waals surface area contributed by atoms with Crippen LogP contribution in [0.25, 0.3) is 6.08 Å².